The number of amides is 1. The molecular weight excluding hydrogens is 310 g/mol. The molecule has 11 heteroatoms. The van der Waals surface area contributed by atoms with E-state index in [1.165, 1.54) is 0 Å². The van der Waals surface area contributed by atoms with Crippen molar-refractivity contribution in [3.05, 3.63) is 41.3 Å². The van der Waals surface area contributed by atoms with Crippen LogP contribution in [-0.2, 0) is 4.79 Å². The fourth-order valence-corrected chi connectivity index (χ4v) is 2.05. The van der Waals surface area contributed by atoms with E-state index >= 15 is 0 Å². The Morgan fingerprint density at radius 2 is 2.36 bits per heavy atom. The highest BCUT2D eigenvalue weighted by molar-refractivity contribution is 7.99. The van der Waals surface area contributed by atoms with E-state index in [1.807, 2.05) is 0 Å². The molecule has 0 spiro atoms. The largest absolute Gasteiger partial charge is 0.411 e. The molecule has 0 aromatic carbocycles. The minimum atomic E-state index is -0.532. The number of carbonyl (C=O) groups is 1. The molecule has 0 aliphatic heterocycles. The van der Waals surface area contributed by atoms with E-state index in [1.54, 1.807) is 24.5 Å². The number of H-pyrrole nitrogens is 1. The molecule has 0 saturated carbocycles. The van der Waals surface area contributed by atoms with Gasteiger partial charge in [0.1, 0.15) is 6.33 Å². The van der Waals surface area contributed by atoms with Crippen molar-refractivity contribution < 1.29 is 9.21 Å². The number of aromatic nitrogens is 6. The van der Waals surface area contributed by atoms with Crippen LogP contribution in [-0.4, -0.2) is 41.7 Å². The van der Waals surface area contributed by atoms with Gasteiger partial charge in [-0.3, -0.25) is 15.2 Å². The Labute approximate surface area is 126 Å². The molecular formula is C11H9N7O3S. The monoisotopic (exact) mass is 319 g/mol. The van der Waals surface area contributed by atoms with Crippen LogP contribution >= 0.6 is 11.8 Å². The molecule has 3 aromatic rings. The van der Waals surface area contributed by atoms with Crippen molar-refractivity contribution in [2.24, 2.45) is 0 Å². The molecule has 0 atom stereocenters. The molecule has 0 radical (unpaired) electrons. The van der Waals surface area contributed by atoms with Crippen molar-refractivity contribution in [1.82, 2.24) is 30.1 Å². The molecule has 1 amide bonds. The van der Waals surface area contributed by atoms with Crippen LogP contribution in [0.3, 0.4) is 0 Å². The Hall–Kier alpha value is -2.95. The van der Waals surface area contributed by atoms with Crippen LogP contribution in [0.25, 0.3) is 11.5 Å². The summed E-state index contributed by atoms with van der Waals surface area (Å²) in [4.78, 5) is 26.8. The van der Waals surface area contributed by atoms with E-state index in [-0.39, 0.29) is 11.0 Å². The van der Waals surface area contributed by atoms with Gasteiger partial charge in [-0.15, -0.1) is 10.2 Å². The maximum absolute atomic E-state index is 11.7. The lowest BCUT2D eigenvalue weighted by atomic mass is 10.3. The molecule has 0 fully saturated rings. The molecule has 0 unspecified atom stereocenters. The van der Waals surface area contributed by atoms with Crippen LogP contribution in [0.2, 0.25) is 0 Å². The third-order valence-electron chi connectivity index (χ3n) is 2.44. The summed E-state index contributed by atoms with van der Waals surface area (Å²) in [7, 11) is 0. The highest BCUT2D eigenvalue weighted by Crippen LogP contribution is 2.22. The summed E-state index contributed by atoms with van der Waals surface area (Å²) >= 11 is 1.05. The summed E-state index contributed by atoms with van der Waals surface area (Å²) in [5.41, 5.74) is 2.51. The highest BCUT2D eigenvalue weighted by Gasteiger charge is 2.11. The average Bonchev–Trinajstić information content (AvgIpc) is 3.16. The summed E-state index contributed by atoms with van der Waals surface area (Å²) in [6.45, 7) is 0. The minimum absolute atomic E-state index is 0.00624. The van der Waals surface area contributed by atoms with Gasteiger partial charge >= 0.3 is 5.69 Å². The number of nitrogens with zero attached hydrogens (tertiary/aromatic N) is 5. The molecule has 0 aliphatic rings. The quantitative estimate of drug-likeness (QED) is 0.622. The Bertz CT molecular complexity index is 825. The SMILES string of the molecule is O=C(CSc1nnc(-c2cccnc2)o1)Nn1cn[nH]c1=O. The molecule has 22 heavy (non-hydrogen) atoms. The van der Waals surface area contributed by atoms with Crippen molar-refractivity contribution in [2.45, 2.75) is 5.22 Å². The number of aromatic amines is 1. The van der Waals surface area contributed by atoms with Crippen molar-refractivity contribution >= 4 is 17.7 Å². The van der Waals surface area contributed by atoms with Gasteiger partial charge in [0, 0.05) is 12.4 Å². The first-order valence-electron chi connectivity index (χ1n) is 6.01. The zero-order valence-electron chi connectivity index (χ0n) is 11.0. The summed E-state index contributed by atoms with van der Waals surface area (Å²) in [6.07, 6.45) is 4.40. The first-order valence-corrected chi connectivity index (χ1v) is 6.99. The van der Waals surface area contributed by atoms with Gasteiger partial charge in [-0.1, -0.05) is 11.8 Å². The molecule has 3 heterocycles. The summed E-state index contributed by atoms with van der Waals surface area (Å²) in [5, 5.41) is 13.6. The average molecular weight is 319 g/mol. The number of nitrogens with one attached hydrogen (secondary N) is 2. The Kier molecular flexibility index (Phi) is 3.96. The van der Waals surface area contributed by atoms with Crippen LogP contribution in [0.4, 0.5) is 0 Å². The molecule has 0 aliphatic carbocycles. The van der Waals surface area contributed by atoms with Crippen LogP contribution in [0, 0.1) is 0 Å². The molecule has 3 rings (SSSR count). The number of rotatable bonds is 5. The van der Waals surface area contributed by atoms with Gasteiger partial charge < -0.3 is 4.42 Å². The van der Waals surface area contributed by atoms with Crippen LogP contribution in [0.15, 0.2) is 45.3 Å². The maximum atomic E-state index is 11.7. The lowest BCUT2D eigenvalue weighted by Gasteiger charge is -2.01. The topological polar surface area (TPSA) is 132 Å². The number of hydrogen-bond acceptors (Lipinski definition) is 8. The van der Waals surface area contributed by atoms with Crippen molar-refractivity contribution in [3.8, 4) is 11.5 Å². The molecule has 112 valence electrons. The van der Waals surface area contributed by atoms with E-state index < -0.39 is 11.6 Å². The van der Waals surface area contributed by atoms with E-state index in [0.717, 1.165) is 22.8 Å². The normalized spacial score (nSPS) is 10.5. The number of pyridine rings is 1. The Morgan fingerprint density at radius 1 is 1.45 bits per heavy atom. The summed E-state index contributed by atoms with van der Waals surface area (Å²) in [5.74, 6) is -0.0802. The molecule has 3 aromatic heterocycles. The fourth-order valence-electron chi connectivity index (χ4n) is 1.50. The maximum Gasteiger partial charge on any atom is 0.362 e. The van der Waals surface area contributed by atoms with Gasteiger partial charge in [0.2, 0.25) is 11.8 Å². The highest BCUT2D eigenvalue weighted by atomic mass is 32.2. The zero-order valence-corrected chi connectivity index (χ0v) is 11.8. The molecule has 10 nitrogen and oxygen atoms in total. The third-order valence-corrected chi connectivity index (χ3v) is 3.26. The first kappa shape index (κ1) is 14.0. The van der Waals surface area contributed by atoms with E-state index in [2.05, 4.69) is 30.8 Å². The fraction of sp³-hybridized carbons (Fsp3) is 0.0909. The van der Waals surface area contributed by atoms with E-state index in [4.69, 9.17) is 4.42 Å². The third kappa shape index (κ3) is 3.20. The van der Waals surface area contributed by atoms with E-state index in [0.29, 0.717) is 11.5 Å². The second-order valence-corrected chi connectivity index (χ2v) is 4.90. The van der Waals surface area contributed by atoms with Crippen molar-refractivity contribution in [2.75, 3.05) is 11.2 Å². The smallest absolute Gasteiger partial charge is 0.362 e. The van der Waals surface area contributed by atoms with Gasteiger partial charge in [-0.25, -0.2) is 9.89 Å². The second kappa shape index (κ2) is 6.22. The van der Waals surface area contributed by atoms with Gasteiger partial charge in [-0.05, 0) is 12.1 Å². The predicted molar refractivity (Wildman–Crippen MR) is 75.5 cm³/mol. The number of hydrogen-bond donors (Lipinski definition) is 2. The Balaban J connectivity index is 1.58. The van der Waals surface area contributed by atoms with Crippen LogP contribution in [0.1, 0.15) is 0 Å². The van der Waals surface area contributed by atoms with E-state index in [9.17, 15) is 9.59 Å². The van der Waals surface area contributed by atoms with Crippen LogP contribution < -0.4 is 11.1 Å². The van der Waals surface area contributed by atoms with Crippen molar-refractivity contribution in [1.29, 1.82) is 0 Å². The standard InChI is InChI=1S/C11H9N7O3S/c19-8(17-18-6-13-15-10(18)20)5-22-11-16-14-9(21-11)7-2-1-3-12-4-7/h1-4,6H,5H2,(H,15,20)(H,17,19). The molecule has 0 bridgehead atoms. The molecule has 0 saturated heterocycles. The van der Waals surface area contributed by atoms with Gasteiger partial charge in [0.15, 0.2) is 0 Å². The van der Waals surface area contributed by atoms with Crippen LogP contribution in [0.5, 0.6) is 0 Å². The second-order valence-electron chi connectivity index (χ2n) is 3.97. The zero-order chi connectivity index (χ0) is 15.4. The van der Waals surface area contributed by atoms with Gasteiger partial charge in [0.25, 0.3) is 5.22 Å². The van der Waals surface area contributed by atoms with Gasteiger partial charge in [0.05, 0.1) is 11.3 Å². The number of carbonyl (C=O) groups excluding carboxylic acids is 1. The summed E-state index contributed by atoms with van der Waals surface area (Å²) in [6, 6.07) is 3.54. The Morgan fingerprint density at radius 3 is 3.09 bits per heavy atom. The first-order chi connectivity index (χ1) is 10.7. The lowest BCUT2D eigenvalue weighted by Crippen LogP contribution is -2.31. The van der Waals surface area contributed by atoms with Crippen molar-refractivity contribution in [3.63, 3.8) is 0 Å². The number of thioether (sulfide) groups is 1. The molecule has 2 N–H and O–H groups in total. The lowest BCUT2D eigenvalue weighted by molar-refractivity contribution is -0.114. The summed E-state index contributed by atoms with van der Waals surface area (Å²) < 4.78 is 6.35. The van der Waals surface area contributed by atoms with Gasteiger partial charge in [-0.2, -0.15) is 9.77 Å². The predicted octanol–water partition coefficient (Wildman–Crippen LogP) is -0.121. The minimum Gasteiger partial charge on any atom is -0.411 e.